The molecule has 3 heteroatoms. The van der Waals surface area contributed by atoms with Gasteiger partial charge in [0.25, 0.3) is 0 Å². The van der Waals surface area contributed by atoms with E-state index in [9.17, 15) is 0 Å². The van der Waals surface area contributed by atoms with Gasteiger partial charge < -0.3 is 8.83 Å². The van der Waals surface area contributed by atoms with Crippen molar-refractivity contribution >= 4 is 96.9 Å². The van der Waals surface area contributed by atoms with E-state index in [4.69, 9.17) is 8.83 Å². The first-order valence-electron chi connectivity index (χ1n) is 15.9. The minimum atomic E-state index is 0.873. The van der Waals surface area contributed by atoms with Crippen molar-refractivity contribution in [3.8, 4) is 22.3 Å². The number of para-hydroxylation sites is 1. The highest BCUT2D eigenvalue weighted by atomic mass is 32.1. The molecule has 0 spiro atoms. The molecule has 0 unspecified atom stereocenters. The standard InChI is InChI=1S/C44H24O2S/c1-3-12-28-26(10-1)40(25-20-21-35-33(24-25)44-37(46-35)23-22-36-43(44)30-14-5-7-17-34(30)45-36)27-11-2-4-13-29(27)41(28)32-16-9-19-39-42(32)31-15-6-8-18-38(31)47-39/h1-24H. The van der Waals surface area contributed by atoms with Gasteiger partial charge in [0.15, 0.2) is 0 Å². The second kappa shape index (κ2) is 9.32. The lowest BCUT2D eigenvalue weighted by molar-refractivity contribution is 0.663. The molecule has 218 valence electrons. The first-order chi connectivity index (χ1) is 23.3. The third-order valence-corrected chi connectivity index (χ3v) is 11.0. The largest absolute Gasteiger partial charge is 0.456 e. The first-order valence-corrected chi connectivity index (χ1v) is 16.7. The molecule has 0 radical (unpaired) electrons. The SMILES string of the molecule is c1ccc2c(c1)oc1ccc3oc4ccc(-c5c6ccccc6c(-c6cccc7sc8ccccc8c67)c6ccccc56)cc4c3c12. The monoisotopic (exact) mass is 616 g/mol. The molecule has 0 aliphatic heterocycles. The highest BCUT2D eigenvalue weighted by molar-refractivity contribution is 7.25. The Balaban J connectivity index is 1.26. The summed E-state index contributed by atoms with van der Waals surface area (Å²) >= 11 is 1.87. The number of hydrogen-bond acceptors (Lipinski definition) is 3. The van der Waals surface area contributed by atoms with Gasteiger partial charge in [-0.2, -0.15) is 0 Å². The Labute approximate surface area is 272 Å². The molecule has 0 fully saturated rings. The van der Waals surface area contributed by atoms with Crippen LogP contribution in [0, 0.1) is 0 Å². The average Bonchev–Trinajstić information content (AvgIpc) is 3.81. The maximum absolute atomic E-state index is 6.45. The summed E-state index contributed by atoms with van der Waals surface area (Å²) in [4.78, 5) is 0. The van der Waals surface area contributed by atoms with Gasteiger partial charge in [0.1, 0.15) is 22.3 Å². The van der Waals surface area contributed by atoms with E-state index >= 15 is 0 Å². The Morgan fingerprint density at radius 3 is 1.60 bits per heavy atom. The van der Waals surface area contributed by atoms with Crippen molar-refractivity contribution in [3.05, 3.63) is 146 Å². The molecule has 0 saturated heterocycles. The highest BCUT2D eigenvalue weighted by Gasteiger charge is 2.21. The Morgan fingerprint density at radius 2 is 0.872 bits per heavy atom. The molecular formula is C44H24O2S. The van der Waals surface area contributed by atoms with E-state index in [1.165, 1.54) is 64.0 Å². The maximum Gasteiger partial charge on any atom is 0.136 e. The van der Waals surface area contributed by atoms with E-state index in [0.717, 1.165) is 43.9 Å². The van der Waals surface area contributed by atoms with Gasteiger partial charge in [0.2, 0.25) is 0 Å². The molecule has 8 aromatic carbocycles. The van der Waals surface area contributed by atoms with Crippen molar-refractivity contribution < 1.29 is 8.83 Å². The zero-order valence-electron chi connectivity index (χ0n) is 25.1. The van der Waals surface area contributed by atoms with E-state index < -0.39 is 0 Å². The normalized spacial score (nSPS) is 12.3. The van der Waals surface area contributed by atoms with Gasteiger partial charge in [-0.1, -0.05) is 103 Å². The number of furan rings is 2. The smallest absolute Gasteiger partial charge is 0.136 e. The summed E-state index contributed by atoms with van der Waals surface area (Å²) in [6.07, 6.45) is 0. The minimum Gasteiger partial charge on any atom is -0.456 e. The maximum atomic E-state index is 6.45. The summed E-state index contributed by atoms with van der Waals surface area (Å²) in [5.41, 5.74) is 8.50. The Hall–Kier alpha value is -5.90. The van der Waals surface area contributed by atoms with Crippen LogP contribution in [0.4, 0.5) is 0 Å². The fraction of sp³-hybridized carbons (Fsp3) is 0. The summed E-state index contributed by atoms with van der Waals surface area (Å²) < 4.78 is 15.4. The molecule has 11 rings (SSSR count). The van der Waals surface area contributed by atoms with E-state index in [1.54, 1.807) is 0 Å². The van der Waals surface area contributed by atoms with Crippen LogP contribution in [-0.4, -0.2) is 0 Å². The molecule has 2 nitrogen and oxygen atoms in total. The summed E-state index contributed by atoms with van der Waals surface area (Å²) in [5.74, 6) is 0. The van der Waals surface area contributed by atoms with Crippen LogP contribution in [0.25, 0.3) is 108 Å². The van der Waals surface area contributed by atoms with Gasteiger partial charge in [-0.25, -0.2) is 0 Å². The van der Waals surface area contributed by atoms with Crippen LogP contribution >= 0.6 is 11.3 Å². The van der Waals surface area contributed by atoms with Gasteiger partial charge >= 0.3 is 0 Å². The molecule has 0 atom stereocenters. The zero-order valence-corrected chi connectivity index (χ0v) is 25.9. The highest BCUT2D eigenvalue weighted by Crippen LogP contribution is 2.49. The predicted molar refractivity (Wildman–Crippen MR) is 200 cm³/mol. The van der Waals surface area contributed by atoms with Crippen molar-refractivity contribution in [3.63, 3.8) is 0 Å². The molecule has 3 heterocycles. The third kappa shape index (κ3) is 3.44. The number of fused-ring (bicyclic) bond motifs is 12. The van der Waals surface area contributed by atoms with Crippen LogP contribution in [0.2, 0.25) is 0 Å². The molecule has 47 heavy (non-hydrogen) atoms. The molecule has 0 N–H and O–H groups in total. The van der Waals surface area contributed by atoms with Crippen molar-refractivity contribution in [2.24, 2.45) is 0 Å². The Morgan fingerprint density at radius 1 is 0.340 bits per heavy atom. The zero-order chi connectivity index (χ0) is 30.6. The van der Waals surface area contributed by atoms with Crippen molar-refractivity contribution in [1.82, 2.24) is 0 Å². The van der Waals surface area contributed by atoms with E-state index in [0.29, 0.717) is 0 Å². The van der Waals surface area contributed by atoms with Crippen LogP contribution in [-0.2, 0) is 0 Å². The van der Waals surface area contributed by atoms with Gasteiger partial charge in [0, 0.05) is 41.7 Å². The number of rotatable bonds is 2. The fourth-order valence-electron chi connectivity index (χ4n) is 7.95. The van der Waals surface area contributed by atoms with Crippen molar-refractivity contribution in [2.45, 2.75) is 0 Å². The second-order valence-electron chi connectivity index (χ2n) is 12.3. The minimum absolute atomic E-state index is 0.873. The predicted octanol–water partition coefficient (Wildman–Crippen LogP) is 13.5. The Kier molecular flexibility index (Phi) is 5.02. The van der Waals surface area contributed by atoms with Gasteiger partial charge in [-0.05, 0) is 86.3 Å². The van der Waals surface area contributed by atoms with Crippen molar-refractivity contribution in [2.75, 3.05) is 0 Å². The fourth-order valence-corrected chi connectivity index (χ4v) is 9.08. The number of thiophene rings is 1. The quantitative estimate of drug-likeness (QED) is 0.181. The van der Waals surface area contributed by atoms with E-state index in [1.807, 2.05) is 35.6 Å². The molecular weight excluding hydrogens is 593 g/mol. The topological polar surface area (TPSA) is 26.3 Å². The van der Waals surface area contributed by atoms with Crippen LogP contribution < -0.4 is 0 Å². The van der Waals surface area contributed by atoms with Gasteiger partial charge in [-0.15, -0.1) is 11.3 Å². The van der Waals surface area contributed by atoms with E-state index in [-0.39, 0.29) is 0 Å². The summed E-state index contributed by atoms with van der Waals surface area (Å²) in [7, 11) is 0. The van der Waals surface area contributed by atoms with Crippen LogP contribution in [0.15, 0.2) is 154 Å². The third-order valence-electron chi connectivity index (χ3n) is 9.87. The molecule has 0 aliphatic rings. The van der Waals surface area contributed by atoms with Crippen LogP contribution in [0.1, 0.15) is 0 Å². The lowest BCUT2D eigenvalue weighted by Crippen LogP contribution is -1.91. The molecule has 0 saturated carbocycles. The van der Waals surface area contributed by atoms with Gasteiger partial charge in [0.05, 0.1) is 0 Å². The number of benzene rings is 8. The first kappa shape index (κ1) is 25.3. The van der Waals surface area contributed by atoms with Crippen molar-refractivity contribution in [1.29, 1.82) is 0 Å². The lowest BCUT2D eigenvalue weighted by Gasteiger charge is -2.18. The lowest BCUT2D eigenvalue weighted by atomic mass is 9.84. The molecule has 11 aromatic rings. The van der Waals surface area contributed by atoms with Crippen LogP contribution in [0.5, 0.6) is 0 Å². The Bertz CT molecular complexity index is 3020. The summed E-state index contributed by atoms with van der Waals surface area (Å²) in [6.45, 7) is 0. The number of hydrogen-bond donors (Lipinski definition) is 0. The average molecular weight is 617 g/mol. The summed E-state index contributed by atoms with van der Waals surface area (Å²) in [6, 6.07) is 52.4. The summed E-state index contributed by atoms with van der Waals surface area (Å²) in [5, 5.41) is 12.1. The second-order valence-corrected chi connectivity index (χ2v) is 13.4. The van der Waals surface area contributed by atoms with E-state index in [2.05, 4.69) is 121 Å². The molecule has 3 aromatic heterocycles. The van der Waals surface area contributed by atoms with Gasteiger partial charge in [-0.3, -0.25) is 0 Å². The van der Waals surface area contributed by atoms with Crippen LogP contribution in [0.3, 0.4) is 0 Å². The molecule has 0 aliphatic carbocycles. The molecule has 0 amide bonds. The molecule has 0 bridgehead atoms.